The predicted molar refractivity (Wildman–Crippen MR) is 86.9 cm³/mol. The van der Waals surface area contributed by atoms with E-state index in [1.165, 1.54) is 5.56 Å². The van der Waals surface area contributed by atoms with Crippen LogP contribution in [0.15, 0.2) is 24.3 Å². The van der Waals surface area contributed by atoms with Crippen LogP contribution in [-0.2, 0) is 4.79 Å². The summed E-state index contributed by atoms with van der Waals surface area (Å²) in [6.45, 7) is 5.33. The van der Waals surface area contributed by atoms with Crippen LogP contribution in [-0.4, -0.2) is 37.0 Å². The quantitative estimate of drug-likeness (QED) is 0.933. The molecular weight excluding hydrogens is 276 g/mol. The summed E-state index contributed by atoms with van der Waals surface area (Å²) in [7, 11) is 0. The second-order valence-electron chi connectivity index (χ2n) is 6.97. The van der Waals surface area contributed by atoms with Crippen LogP contribution in [0, 0.1) is 5.41 Å². The van der Waals surface area contributed by atoms with Gasteiger partial charge in [-0.2, -0.15) is 0 Å². The number of fused-ring (bicyclic) bond motifs is 1. The fourth-order valence-electron chi connectivity index (χ4n) is 3.47. The lowest BCUT2D eigenvalue weighted by Crippen LogP contribution is -2.45. The Hall–Kier alpha value is -1.55. The lowest BCUT2D eigenvalue weighted by molar-refractivity contribution is -0.133. The predicted octanol–water partition coefficient (Wildman–Crippen LogP) is 2.53. The molecule has 2 heterocycles. The maximum Gasteiger partial charge on any atom is 0.223 e. The van der Waals surface area contributed by atoms with E-state index in [1.54, 1.807) is 0 Å². The van der Waals surface area contributed by atoms with Crippen molar-refractivity contribution in [3.05, 3.63) is 29.8 Å². The van der Waals surface area contributed by atoms with Gasteiger partial charge in [0, 0.05) is 19.5 Å². The topological polar surface area (TPSA) is 55.6 Å². The minimum atomic E-state index is 0.210. The molecule has 2 N–H and O–H groups in total. The third kappa shape index (κ3) is 3.12. The zero-order chi connectivity index (χ0) is 15.6. The summed E-state index contributed by atoms with van der Waals surface area (Å²) in [6, 6.07) is 8.10. The lowest BCUT2D eigenvalue weighted by Gasteiger charge is -2.39. The molecule has 2 aliphatic heterocycles. The number of piperidine rings is 1. The Kier molecular flexibility index (Phi) is 4.39. The largest absolute Gasteiger partial charge is 0.493 e. The maximum atomic E-state index is 12.6. The van der Waals surface area contributed by atoms with Crippen molar-refractivity contribution in [3.63, 3.8) is 0 Å². The number of para-hydroxylation sites is 1. The number of carbonyl (C=O) groups excluding carboxylic acids is 1. The summed E-state index contributed by atoms with van der Waals surface area (Å²) in [5.74, 6) is 1.52. The normalized spacial score (nSPS) is 23.5. The Bertz CT molecular complexity index is 536. The Labute approximate surface area is 132 Å². The number of carbonyl (C=O) groups is 1. The fraction of sp³-hybridized carbons (Fsp3) is 0.611. The first-order valence-electron chi connectivity index (χ1n) is 8.31. The van der Waals surface area contributed by atoms with Crippen LogP contribution in [0.5, 0.6) is 5.75 Å². The molecule has 22 heavy (non-hydrogen) atoms. The van der Waals surface area contributed by atoms with Crippen LogP contribution in [0.3, 0.4) is 0 Å². The number of amides is 1. The van der Waals surface area contributed by atoms with Crippen molar-refractivity contribution in [3.8, 4) is 5.75 Å². The third-order valence-corrected chi connectivity index (χ3v) is 5.32. The molecular formula is C18H26N2O2. The highest BCUT2D eigenvalue weighted by Gasteiger charge is 2.32. The van der Waals surface area contributed by atoms with Crippen molar-refractivity contribution in [2.75, 3.05) is 26.2 Å². The second kappa shape index (κ2) is 6.29. The Morgan fingerprint density at radius 2 is 2.09 bits per heavy atom. The van der Waals surface area contributed by atoms with Gasteiger partial charge in [0.25, 0.3) is 0 Å². The summed E-state index contributed by atoms with van der Waals surface area (Å²) >= 11 is 0. The molecule has 3 rings (SSSR count). The molecule has 4 nitrogen and oxygen atoms in total. The van der Waals surface area contributed by atoms with E-state index in [4.69, 9.17) is 10.5 Å². The summed E-state index contributed by atoms with van der Waals surface area (Å²) in [5.41, 5.74) is 7.24. The highest BCUT2D eigenvalue weighted by molar-refractivity contribution is 5.77. The minimum absolute atomic E-state index is 0.210. The monoisotopic (exact) mass is 302 g/mol. The number of nitrogens with zero attached hydrogens (tertiary/aromatic N) is 1. The van der Waals surface area contributed by atoms with Crippen LogP contribution < -0.4 is 10.5 Å². The minimum Gasteiger partial charge on any atom is -0.493 e. The number of hydrogen-bond donors (Lipinski definition) is 1. The first-order valence-corrected chi connectivity index (χ1v) is 8.31. The average Bonchev–Trinajstić information content (AvgIpc) is 2.56. The van der Waals surface area contributed by atoms with Crippen LogP contribution in [0.2, 0.25) is 0 Å². The second-order valence-corrected chi connectivity index (χ2v) is 6.97. The summed E-state index contributed by atoms with van der Waals surface area (Å²) in [5, 5.41) is 0. The molecule has 1 aromatic rings. The lowest BCUT2D eigenvalue weighted by atomic mass is 9.80. The average molecular weight is 302 g/mol. The molecule has 1 atom stereocenters. The van der Waals surface area contributed by atoms with E-state index in [0.29, 0.717) is 25.5 Å². The molecule has 4 heteroatoms. The molecule has 1 aromatic carbocycles. The van der Waals surface area contributed by atoms with Crippen LogP contribution >= 0.6 is 0 Å². The Morgan fingerprint density at radius 3 is 2.82 bits per heavy atom. The van der Waals surface area contributed by atoms with Gasteiger partial charge >= 0.3 is 0 Å². The van der Waals surface area contributed by atoms with Crippen LogP contribution in [0.1, 0.15) is 44.1 Å². The van der Waals surface area contributed by atoms with Crippen molar-refractivity contribution >= 4 is 5.91 Å². The van der Waals surface area contributed by atoms with Crippen molar-refractivity contribution in [2.45, 2.75) is 38.5 Å². The van der Waals surface area contributed by atoms with Crippen molar-refractivity contribution in [1.29, 1.82) is 0 Å². The molecule has 0 radical (unpaired) electrons. The third-order valence-electron chi connectivity index (χ3n) is 5.32. The molecule has 0 aromatic heterocycles. The van der Waals surface area contributed by atoms with Gasteiger partial charge in [-0.05, 0) is 48.8 Å². The zero-order valence-corrected chi connectivity index (χ0v) is 13.4. The highest BCUT2D eigenvalue weighted by Crippen LogP contribution is 2.36. The number of rotatable bonds is 3. The highest BCUT2D eigenvalue weighted by atomic mass is 16.5. The summed E-state index contributed by atoms with van der Waals surface area (Å²) in [4.78, 5) is 14.7. The van der Waals surface area contributed by atoms with E-state index in [2.05, 4.69) is 13.0 Å². The molecule has 120 valence electrons. The van der Waals surface area contributed by atoms with Gasteiger partial charge in [-0.1, -0.05) is 25.1 Å². The fourth-order valence-corrected chi connectivity index (χ4v) is 3.47. The SMILES string of the molecule is CC1(CN)CCN(C(=O)CC2CCOc3ccccc32)CC1. The standard InChI is InChI=1S/C18H26N2O2/c1-18(13-19)7-9-20(10-8-18)17(21)12-14-6-11-22-16-5-3-2-4-15(14)16/h2-5,14H,6-13,19H2,1H3. The maximum absolute atomic E-state index is 12.6. The number of benzene rings is 1. The van der Waals surface area contributed by atoms with E-state index in [0.717, 1.165) is 38.1 Å². The van der Waals surface area contributed by atoms with Gasteiger partial charge < -0.3 is 15.4 Å². The Morgan fingerprint density at radius 1 is 1.36 bits per heavy atom. The van der Waals surface area contributed by atoms with Gasteiger partial charge in [0.2, 0.25) is 5.91 Å². The smallest absolute Gasteiger partial charge is 0.223 e. The molecule has 0 aliphatic carbocycles. The van der Waals surface area contributed by atoms with Crippen LogP contribution in [0.4, 0.5) is 0 Å². The van der Waals surface area contributed by atoms with Gasteiger partial charge in [-0.3, -0.25) is 4.79 Å². The Balaban J connectivity index is 1.62. The van der Waals surface area contributed by atoms with Gasteiger partial charge in [0.15, 0.2) is 0 Å². The number of ether oxygens (including phenoxy) is 1. The van der Waals surface area contributed by atoms with Crippen molar-refractivity contribution < 1.29 is 9.53 Å². The first kappa shape index (κ1) is 15.3. The van der Waals surface area contributed by atoms with Gasteiger partial charge in [-0.25, -0.2) is 0 Å². The molecule has 1 amide bonds. The van der Waals surface area contributed by atoms with Crippen molar-refractivity contribution in [2.24, 2.45) is 11.1 Å². The van der Waals surface area contributed by atoms with Gasteiger partial charge in [0.05, 0.1) is 6.61 Å². The molecule has 2 aliphatic rings. The molecule has 0 saturated carbocycles. The van der Waals surface area contributed by atoms with E-state index in [1.807, 2.05) is 23.1 Å². The van der Waals surface area contributed by atoms with E-state index in [9.17, 15) is 4.79 Å². The summed E-state index contributed by atoms with van der Waals surface area (Å²) < 4.78 is 5.68. The number of likely N-dealkylation sites (tertiary alicyclic amines) is 1. The first-order chi connectivity index (χ1) is 10.6. The van der Waals surface area contributed by atoms with E-state index < -0.39 is 0 Å². The van der Waals surface area contributed by atoms with Crippen molar-refractivity contribution in [1.82, 2.24) is 4.90 Å². The van der Waals surface area contributed by atoms with Crippen LogP contribution in [0.25, 0.3) is 0 Å². The van der Waals surface area contributed by atoms with E-state index >= 15 is 0 Å². The summed E-state index contributed by atoms with van der Waals surface area (Å²) in [6.07, 6.45) is 3.55. The molecule has 1 saturated heterocycles. The zero-order valence-electron chi connectivity index (χ0n) is 13.4. The number of nitrogens with two attached hydrogens (primary N) is 1. The molecule has 0 bridgehead atoms. The van der Waals surface area contributed by atoms with Gasteiger partial charge in [0.1, 0.15) is 5.75 Å². The molecule has 1 fully saturated rings. The van der Waals surface area contributed by atoms with Gasteiger partial charge in [-0.15, -0.1) is 0 Å². The molecule has 0 spiro atoms. The number of hydrogen-bond acceptors (Lipinski definition) is 3. The molecule has 1 unspecified atom stereocenters. The van der Waals surface area contributed by atoms with E-state index in [-0.39, 0.29) is 11.3 Å².